The maximum absolute atomic E-state index is 11.1. The van der Waals surface area contributed by atoms with Crippen molar-refractivity contribution in [3.05, 3.63) is 0 Å². The first-order valence-corrected chi connectivity index (χ1v) is 7.93. The highest BCUT2D eigenvalue weighted by atomic mass is 16.3. The molecule has 0 aliphatic heterocycles. The van der Waals surface area contributed by atoms with E-state index in [-0.39, 0.29) is 5.60 Å². The van der Waals surface area contributed by atoms with Crippen LogP contribution in [0.3, 0.4) is 0 Å². The zero-order valence-electron chi connectivity index (χ0n) is 11.3. The van der Waals surface area contributed by atoms with Crippen LogP contribution in [0.25, 0.3) is 0 Å². The van der Waals surface area contributed by atoms with E-state index in [4.69, 9.17) is 0 Å². The average molecular weight is 236 g/mol. The molecule has 3 aliphatic carbocycles. The monoisotopic (exact) mass is 236 g/mol. The Labute approximate surface area is 106 Å². The quantitative estimate of drug-likeness (QED) is 0.714. The first-order chi connectivity index (χ1) is 8.21. The summed E-state index contributed by atoms with van der Waals surface area (Å²) >= 11 is 0. The van der Waals surface area contributed by atoms with Crippen LogP contribution in [0.5, 0.6) is 0 Å². The average Bonchev–Trinajstić information content (AvgIpc) is 2.91. The summed E-state index contributed by atoms with van der Waals surface area (Å²) in [5, 5.41) is 11.1. The summed E-state index contributed by atoms with van der Waals surface area (Å²) in [6.07, 6.45) is 13.1. The third-order valence-corrected chi connectivity index (χ3v) is 6.21. The number of hydrogen-bond acceptors (Lipinski definition) is 1. The molecular weight excluding hydrogens is 208 g/mol. The van der Waals surface area contributed by atoms with Crippen LogP contribution in [0.2, 0.25) is 0 Å². The SMILES string of the molecule is CCC1CCCC(O)(C2CC3CCC2C3)CC1. The van der Waals surface area contributed by atoms with Gasteiger partial charge >= 0.3 is 0 Å². The van der Waals surface area contributed by atoms with Gasteiger partial charge in [0.25, 0.3) is 0 Å². The lowest BCUT2D eigenvalue weighted by molar-refractivity contribution is -0.0532. The molecule has 0 heterocycles. The summed E-state index contributed by atoms with van der Waals surface area (Å²) in [4.78, 5) is 0. The van der Waals surface area contributed by atoms with Gasteiger partial charge in [0.2, 0.25) is 0 Å². The number of fused-ring (bicyclic) bond motifs is 2. The normalized spacial score (nSPS) is 50.5. The molecule has 0 aromatic heterocycles. The summed E-state index contributed by atoms with van der Waals surface area (Å²) in [5.41, 5.74) is -0.274. The summed E-state index contributed by atoms with van der Waals surface area (Å²) < 4.78 is 0. The van der Waals surface area contributed by atoms with Gasteiger partial charge in [-0.2, -0.15) is 0 Å². The Morgan fingerprint density at radius 3 is 2.59 bits per heavy atom. The van der Waals surface area contributed by atoms with E-state index >= 15 is 0 Å². The topological polar surface area (TPSA) is 20.2 Å². The molecular formula is C16H28O. The maximum Gasteiger partial charge on any atom is 0.0678 e. The van der Waals surface area contributed by atoms with Crippen molar-refractivity contribution in [1.29, 1.82) is 0 Å². The molecule has 5 unspecified atom stereocenters. The Morgan fingerprint density at radius 1 is 1.06 bits per heavy atom. The lowest BCUT2D eigenvalue weighted by Gasteiger charge is -2.38. The summed E-state index contributed by atoms with van der Waals surface area (Å²) in [5.74, 6) is 3.40. The van der Waals surface area contributed by atoms with Gasteiger partial charge in [0, 0.05) is 0 Å². The predicted octanol–water partition coefficient (Wildman–Crippen LogP) is 4.14. The molecule has 3 saturated carbocycles. The van der Waals surface area contributed by atoms with Crippen molar-refractivity contribution < 1.29 is 5.11 Å². The highest BCUT2D eigenvalue weighted by molar-refractivity contribution is 5.00. The van der Waals surface area contributed by atoms with Gasteiger partial charge in [0.15, 0.2) is 0 Å². The molecule has 3 fully saturated rings. The first kappa shape index (κ1) is 12.0. The molecule has 98 valence electrons. The smallest absolute Gasteiger partial charge is 0.0678 e. The minimum absolute atomic E-state index is 0.274. The minimum Gasteiger partial charge on any atom is -0.390 e. The molecule has 1 N–H and O–H groups in total. The van der Waals surface area contributed by atoms with Crippen LogP contribution in [-0.4, -0.2) is 10.7 Å². The second kappa shape index (κ2) is 4.57. The fraction of sp³-hybridized carbons (Fsp3) is 1.00. The van der Waals surface area contributed by atoms with Crippen LogP contribution >= 0.6 is 0 Å². The lowest BCUT2D eigenvalue weighted by atomic mass is 9.72. The minimum atomic E-state index is -0.274. The van der Waals surface area contributed by atoms with Gasteiger partial charge in [0.05, 0.1) is 5.60 Å². The fourth-order valence-electron chi connectivity index (χ4n) is 5.10. The van der Waals surface area contributed by atoms with Crippen LogP contribution in [0, 0.1) is 23.7 Å². The van der Waals surface area contributed by atoms with Crippen molar-refractivity contribution in [2.75, 3.05) is 0 Å². The largest absolute Gasteiger partial charge is 0.390 e. The summed E-state index contributed by atoms with van der Waals surface area (Å²) in [6.45, 7) is 2.31. The van der Waals surface area contributed by atoms with E-state index in [1.807, 2.05) is 0 Å². The van der Waals surface area contributed by atoms with Gasteiger partial charge in [-0.05, 0) is 62.2 Å². The van der Waals surface area contributed by atoms with Crippen LogP contribution in [-0.2, 0) is 0 Å². The Balaban J connectivity index is 1.68. The van der Waals surface area contributed by atoms with Crippen molar-refractivity contribution in [1.82, 2.24) is 0 Å². The molecule has 1 heteroatoms. The molecule has 0 aromatic rings. The van der Waals surface area contributed by atoms with E-state index in [0.717, 1.165) is 30.6 Å². The molecule has 5 atom stereocenters. The zero-order chi connectivity index (χ0) is 11.9. The van der Waals surface area contributed by atoms with Crippen molar-refractivity contribution >= 4 is 0 Å². The van der Waals surface area contributed by atoms with Gasteiger partial charge in [-0.3, -0.25) is 0 Å². The molecule has 0 amide bonds. The van der Waals surface area contributed by atoms with E-state index in [1.54, 1.807) is 0 Å². The molecule has 0 spiro atoms. The van der Waals surface area contributed by atoms with E-state index in [0.29, 0.717) is 5.92 Å². The van der Waals surface area contributed by atoms with Crippen LogP contribution < -0.4 is 0 Å². The summed E-state index contributed by atoms with van der Waals surface area (Å²) in [7, 11) is 0. The highest BCUT2D eigenvalue weighted by Gasteiger charge is 2.49. The third kappa shape index (κ3) is 2.16. The van der Waals surface area contributed by atoms with Crippen LogP contribution in [0.15, 0.2) is 0 Å². The van der Waals surface area contributed by atoms with Crippen molar-refractivity contribution in [2.45, 2.75) is 76.7 Å². The molecule has 2 bridgehead atoms. The van der Waals surface area contributed by atoms with Crippen molar-refractivity contribution in [2.24, 2.45) is 23.7 Å². The lowest BCUT2D eigenvalue weighted by Crippen LogP contribution is -2.40. The molecule has 0 radical (unpaired) electrons. The van der Waals surface area contributed by atoms with Gasteiger partial charge in [-0.1, -0.05) is 32.6 Å². The first-order valence-electron chi connectivity index (χ1n) is 7.93. The molecule has 0 aromatic carbocycles. The van der Waals surface area contributed by atoms with Gasteiger partial charge in [0.1, 0.15) is 0 Å². The zero-order valence-corrected chi connectivity index (χ0v) is 11.3. The molecule has 17 heavy (non-hydrogen) atoms. The van der Waals surface area contributed by atoms with Gasteiger partial charge in [-0.25, -0.2) is 0 Å². The van der Waals surface area contributed by atoms with E-state index in [2.05, 4.69) is 6.92 Å². The molecule has 1 nitrogen and oxygen atoms in total. The summed E-state index contributed by atoms with van der Waals surface area (Å²) in [6, 6.07) is 0. The van der Waals surface area contributed by atoms with Crippen LogP contribution in [0.4, 0.5) is 0 Å². The number of hydrogen-bond donors (Lipinski definition) is 1. The van der Waals surface area contributed by atoms with E-state index in [1.165, 1.54) is 51.4 Å². The second-order valence-electron chi connectivity index (χ2n) is 7.09. The standard InChI is InChI=1S/C16H28O/c1-2-12-4-3-8-16(17,9-7-12)15-11-13-5-6-14(15)10-13/h12-15,17H,2-11H2,1H3. The Kier molecular flexibility index (Phi) is 3.23. The Morgan fingerprint density at radius 2 is 1.94 bits per heavy atom. The third-order valence-electron chi connectivity index (χ3n) is 6.21. The Bertz CT molecular complexity index is 275. The highest BCUT2D eigenvalue weighted by Crippen LogP contribution is 2.55. The van der Waals surface area contributed by atoms with E-state index < -0.39 is 0 Å². The second-order valence-corrected chi connectivity index (χ2v) is 7.09. The molecule has 3 aliphatic rings. The van der Waals surface area contributed by atoms with Crippen molar-refractivity contribution in [3.63, 3.8) is 0 Å². The van der Waals surface area contributed by atoms with E-state index in [9.17, 15) is 5.11 Å². The predicted molar refractivity (Wildman–Crippen MR) is 70.8 cm³/mol. The molecule has 3 rings (SSSR count). The van der Waals surface area contributed by atoms with Crippen LogP contribution in [0.1, 0.15) is 71.1 Å². The number of rotatable bonds is 2. The van der Waals surface area contributed by atoms with Crippen molar-refractivity contribution in [3.8, 4) is 0 Å². The molecule has 0 saturated heterocycles. The number of aliphatic hydroxyl groups is 1. The van der Waals surface area contributed by atoms with Gasteiger partial charge in [-0.15, -0.1) is 0 Å². The van der Waals surface area contributed by atoms with Gasteiger partial charge < -0.3 is 5.11 Å². The maximum atomic E-state index is 11.1. The Hall–Kier alpha value is -0.0400. The fourth-order valence-corrected chi connectivity index (χ4v) is 5.10.